The van der Waals surface area contributed by atoms with Crippen LogP contribution in [0.15, 0.2) is 36.7 Å². The number of hydrogen-bond acceptors (Lipinski definition) is 3. The van der Waals surface area contributed by atoms with Gasteiger partial charge in [-0.05, 0) is 30.4 Å². The van der Waals surface area contributed by atoms with Crippen LogP contribution >= 0.6 is 0 Å². The first-order valence-corrected chi connectivity index (χ1v) is 9.27. The Balaban J connectivity index is 1.39. The highest BCUT2D eigenvalue weighted by Crippen LogP contribution is 2.34. The van der Waals surface area contributed by atoms with Gasteiger partial charge >= 0.3 is 0 Å². The van der Waals surface area contributed by atoms with Crippen molar-refractivity contribution >= 4 is 5.91 Å². The Kier molecular flexibility index (Phi) is 4.57. The van der Waals surface area contributed by atoms with Gasteiger partial charge in [-0.2, -0.15) is 0 Å². The second-order valence-electron chi connectivity index (χ2n) is 7.20. The smallest absolute Gasteiger partial charge is 0.230 e. The van der Waals surface area contributed by atoms with Crippen LogP contribution in [0.1, 0.15) is 35.7 Å². The van der Waals surface area contributed by atoms with Gasteiger partial charge in [0.1, 0.15) is 5.82 Å². The van der Waals surface area contributed by atoms with Gasteiger partial charge in [0.05, 0.1) is 12.5 Å². The summed E-state index contributed by atoms with van der Waals surface area (Å²) < 4.78 is 2.07. The lowest BCUT2D eigenvalue weighted by Gasteiger charge is -2.25. The van der Waals surface area contributed by atoms with Gasteiger partial charge in [-0.15, -0.1) is 0 Å². The van der Waals surface area contributed by atoms with Crippen LogP contribution in [-0.2, 0) is 24.8 Å². The number of aromatic nitrogens is 2. The zero-order valence-electron chi connectivity index (χ0n) is 14.9. The molecule has 0 unspecified atom stereocenters. The predicted molar refractivity (Wildman–Crippen MR) is 97.2 cm³/mol. The molecule has 5 nitrogen and oxygen atoms in total. The van der Waals surface area contributed by atoms with E-state index < -0.39 is 0 Å². The van der Waals surface area contributed by atoms with Crippen LogP contribution in [0.5, 0.6) is 0 Å². The molecule has 2 heterocycles. The first-order valence-electron chi connectivity index (χ1n) is 9.27. The Morgan fingerprint density at radius 3 is 2.92 bits per heavy atom. The highest BCUT2D eigenvalue weighted by atomic mass is 16.2. The number of carbonyl (C=O) groups is 1. The van der Waals surface area contributed by atoms with Gasteiger partial charge < -0.3 is 9.47 Å². The lowest BCUT2D eigenvalue weighted by molar-refractivity contribution is -0.132. The second kappa shape index (κ2) is 7.00. The maximum absolute atomic E-state index is 13.1. The van der Waals surface area contributed by atoms with Gasteiger partial charge in [-0.1, -0.05) is 24.3 Å². The molecule has 0 N–H and O–H groups in total. The molecule has 0 saturated carbocycles. The number of rotatable bonds is 3. The number of fused-ring (bicyclic) bond motifs is 1. The molecular weight excluding hydrogens is 312 g/mol. The summed E-state index contributed by atoms with van der Waals surface area (Å²) >= 11 is 0. The van der Waals surface area contributed by atoms with E-state index >= 15 is 0 Å². The summed E-state index contributed by atoms with van der Waals surface area (Å²) in [7, 11) is 2.04. The van der Waals surface area contributed by atoms with E-state index in [2.05, 4.69) is 43.6 Å². The van der Waals surface area contributed by atoms with Crippen LogP contribution in [0, 0.1) is 0 Å². The van der Waals surface area contributed by atoms with Crippen molar-refractivity contribution in [2.45, 2.75) is 31.7 Å². The van der Waals surface area contributed by atoms with Crippen molar-refractivity contribution in [1.29, 1.82) is 0 Å². The molecule has 1 aromatic carbocycles. The summed E-state index contributed by atoms with van der Waals surface area (Å²) in [5, 5.41) is 0. The Morgan fingerprint density at radius 1 is 1.20 bits per heavy atom. The Hall–Kier alpha value is -2.14. The van der Waals surface area contributed by atoms with Crippen LogP contribution < -0.4 is 0 Å². The molecule has 0 spiro atoms. The lowest BCUT2D eigenvalue weighted by Crippen LogP contribution is -2.37. The molecule has 0 radical (unpaired) electrons. The number of imidazole rings is 1. The van der Waals surface area contributed by atoms with E-state index in [1.807, 2.05) is 19.4 Å². The topological polar surface area (TPSA) is 41.4 Å². The largest absolute Gasteiger partial charge is 0.341 e. The summed E-state index contributed by atoms with van der Waals surface area (Å²) in [6, 6.07) is 8.43. The monoisotopic (exact) mass is 338 g/mol. The lowest BCUT2D eigenvalue weighted by atomic mass is 10.00. The van der Waals surface area contributed by atoms with E-state index in [0.717, 1.165) is 57.8 Å². The maximum Gasteiger partial charge on any atom is 0.230 e. The first kappa shape index (κ1) is 16.3. The molecule has 1 aromatic heterocycles. The van der Waals surface area contributed by atoms with E-state index in [1.165, 1.54) is 11.1 Å². The van der Waals surface area contributed by atoms with Crippen molar-refractivity contribution in [3.05, 3.63) is 53.6 Å². The number of carbonyl (C=O) groups excluding carboxylic acids is 1. The molecule has 1 fully saturated rings. The van der Waals surface area contributed by atoms with E-state index in [-0.39, 0.29) is 5.92 Å². The summed E-state index contributed by atoms with van der Waals surface area (Å²) in [5.74, 6) is 1.48. The fourth-order valence-corrected chi connectivity index (χ4v) is 4.13. The molecule has 0 bridgehead atoms. The maximum atomic E-state index is 13.1. The molecule has 2 aliphatic rings. The van der Waals surface area contributed by atoms with E-state index in [1.54, 1.807) is 0 Å². The third kappa shape index (κ3) is 3.33. The third-order valence-electron chi connectivity index (χ3n) is 5.62. The van der Waals surface area contributed by atoms with Gasteiger partial charge in [-0.3, -0.25) is 9.69 Å². The zero-order valence-corrected chi connectivity index (χ0v) is 14.9. The third-order valence-corrected chi connectivity index (χ3v) is 5.62. The van der Waals surface area contributed by atoms with Crippen molar-refractivity contribution in [2.24, 2.45) is 7.05 Å². The predicted octanol–water partition coefficient (Wildman–Crippen LogP) is 2.18. The summed E-state index contributed by atoms with van der Waals surface area (Å²) in [6.07, 6.45) is 6.86. The van der Waals surface area contributed by atoms with Gasteiger partial charge in [0, 0.05) is 45.6 Å². The standard InChI is InChI=1S/C20H26N4O/c1-22-12-9-21-19(22)15-23-10-4-11-24(14-13-23)20(25)18-8-7-16-5-2-3-6-17(16)18/h2-3,5-6,9,12,18H,4,7-8,10-11,13-15H2,1H3/t18-/m0/s1. The van der Waals surface area contributed by atoms with Crippen LogP contribution in [0.25, 0.3) is 0 Å². The molecular formula is C20H26N4O. The minimum absolute atomic E-state index is 0.0669. The van der Waals surface area contributed by atoms with Crippen molar-refractivity contribution < 1.29 is 4.79 Å². The van der Waals surface area contributed by atoms with Gasteiger partial charge in [-0.25, -0.2) is 4.98 Å². The molecule has 25 heavy (non-hydrogen) atoms. The average molecular weight is 338 g/mol. The summed E-state index contributed by atoms with van der Waals surface area (Å²) in [5.41, 5.74) is 2.61. The van der Waals surface area contributed by atoms with Crippen LogP contribution in [0.4, 0.5) is 0 Å². The van der Waals surface area contributed by atoms with Crippen molar-refractivity contribution in [2.75, 3.05) is 26.2 Å². The van der Waals surface area contributed by atoms with Gasteiger partial charge in [0.2, 0.25) is 5.91 Å². The summed E-state index contributed by atoms with van der Waals surface area (Å²) in [6.45, 7) is 4.50. The number of benzene rings is 1. The van der Waals surface area contributed by atoms with E-state index in [0.29, 0.717) is 5.91 Å². The quantitative estimate of drug-likeness (QED) is 0.861. The Morgan fingerprint density at radius 2 is 2.08 bits per heavy atom. The summed E-state index contributed by atoms with van der Waals surface area (Å²) in [4.78, 5) is 22.0. The molecule has 4 rings (SSSR count). The molecule has 1 aliphatic carbocycles. The normalized spacial score (nSPS) is 21.2. The fourth-order valence-electron chi connectivity index (χ4n) is 4.13. The van der Waals surface area contributed by atoms with Crippen molar-refractivity contribution in [3.8, 4) is 0 Å². The van der Waals surface area contributed by atoms with Crippen molar-refractivity contribution in [1.82, 2.24) is 19.4 Å². The Bertz CT molecular complexity index is 754. The van der Waals surface area contributed by atoms with E-state index in [9.17, 15) is 4.79 Å². The molecule has 132 valence electrons. The Labute approximate surface area is 149 Å². The zero-order chi connectivity index (χ0) is 17.2. The number of aryl methyl sites for hydroxylation is 2. The first-order chi connectivity index (χ1) is 12.2. The van der Waals surface area contributed by atoms with Crippen LogP contribution in [-0.4, -0.2) is 51.4 Å². The SMILES string of the molecule is Cn1ccnc1CN1CCCN(C(=O)[C@H]2CCc3ccccc32)CC1. The molecule has 1 aliphatic heterocycles. The molecule has 1 atom stereocenters. The van der Waals surface area contributed by atoms with Crippen LogP contribution in [0.2, 0.25) is 0 Å². The number of nitrogens with zero attached hydrogens (tertiary/aromatic N) is 4. The highest BCUT2D eigenvalue weighted by molar-refractivity contribution is 5.85. The number of amides is 1. The highest BCUT2D eigenvalue weighted by Gasteiger charge is 2.32. The second-order valence-corrected chi connectivity index (χ2v) is 7.20. The van der Waals surface area contributed by atoms with E-state index in [4.69, 9.17) is 0 Å². The minimum Gasteiger partial charge on any atom is -0.341 e. The molecule has 2 aromatic rings. The molecule has 1 amide bonds. The molecule has 1 saturated heterocycles. The fraction of sp³-hybridized carbons (Fsp3) is 0.500. The number of hydrogen-bond donors (Lipinski definition) is 0. The minimum atomic E-state index is 0.0669. The van der Waals surface area contributed by atoms with Crippen molar-refractivity contribution in [3.63, 3.8) is 0 Å². The van der Waals surface area contributed by atoms with Gasteiger partial charge in [0.15, 0.2) is 0 Å². The molecule has 5 heteroatoms. The average Bonchev–Trinajstić information content (AvgIpc) is 3.15. The van der Waals surface area contributed by atoms with Crippen LogP contribution in [0.3, 0.4) is 0 Å². The van der Waals surface area contributed by atoms with Gasteiger partial charge in [0.25, 0.3) is 0 Å².